The molecule has 2 nitrogen and oxygen atoms in total. The molecular formula is C13H19BrN2. The second-order valence-corrected chi connectivity index (χ2v) is 6.02. The average Bonchev–Trinajstić information content (AvgIpc) is 2.90. The van der Waals surface area contributed by atoms with Gasteiger partial charge in [0.1, 0.15) is 0 Å². The van der Waals surface area contributed by atoms with Crippen LogP contribution in [-0.2, 0) is 0 Å². The van der Waals surface area contributed by atoms with Crippen LogP contribution < -0.4 is 5.73 Å². The number of halogens is 1. The molecule has 2 N–H and O–H groups in total. The Kier molecular flexibility index (Phi) is 3.12. The molecule has 0 aliphatic heterocycles. The Morgan fingerprint density at radius 3 is 2.50 bits per heavy atom. The maximum absolute atomic E-state index is 6.39. The predicted octanol–water partition coefficient (Wildman–Crippen LogP) is 2.85. The molecule has 0 aromatic heterocycles. The van der Waals surface area contributed by atoms with Crippen LogP contribution in [0.5, 0.6) is 0 Å². The lowest BCUT2D eigenvalue weighted by Crippen LogP contribution is -2.39. The van der Waals surface area contributed by atoms with E-state index in [0.29, 0.717) is 6.04 Å². The summed E-state index contributed by atoms with van der Waals surface area (Å²) in [6.45, 7) is 2.16. The van der Waals surface area contributed by atoms with Gasteiger partial charge >= 0.3 is 0 Å². The Morgan fingerprint density at radius 2 is 2.00 bits per heavy atom. The van der Waals surface area contributed by atoms with Crippen molar-refractivity contribution in [2.24, 2.45) is 5.73 Å². The fourth-order valence-corrected chi connectivity index (χ4v) is 2.80. The molecule has 1 saturated carbocycles. The number of aryl methyl sites for hydroxylation is 1. The lowest BCUT2D eigenvalue weighted by molar-refractivity contribution is 0.245. The third kappa shape index (κ3) is 2.17. The maximum Gasteiger partial charge on any atom is 0.0526 e. The van der Waals surface area contributed by atoms with Gasteiger partial charge in [-0.25, -0.2) is 0 Å². The first kappa shape index (κ1) is 12.1. The van der Waals surface area contributed by atoms with Crippen LogP contribution in [0.3, 0.4) is 0 Å². The molecular weight excluding hydrogens is 264 g/mol. The Bertz CT molecular complexity index is 397. The van der Waals surface area contributed by atoms with E-state index in [4.69, 9.17) is 5.73 Å². The first-order valence-corrected chi connectivity index (χ1v) is 6.45. The summed E-state index contributed by atoms with van der Waals surface area (Å²) < 4.78 is 1.13. The molecule has 16 heavy (non-hydrogen) atoms. The Hall–Kier alpha value is -0.380. The number of rotatable bonds is 3. The lowest BCUT2D eigenvalue weighted by Gasteiger charge is -2.31. The van der Waals surface area contributed by atoms with Gasteiger partial charge in [0.15, 0.2) is 0 Å². The maximum atomic E-state index is 6.39. The number of benzene rings is 1. The van der Waals surface area contributed by atoms with Crippen molar-refractivity contribution in [1.82, 2.24) is 4.90 Å². The summed E-state index contributed by atoms with van der Waals surface area (Å²) in [5.41, 5.74) is 9.03. The van der Waals surface area contributed by atoms with Gasteiger partial charge in [-0.3, -0.25) is 0 Å². The Labute approximate surface area is 106 Å². The highest BCUT2D eigenvalue weighted by molar-refractivity contribution is 9.10. The van der Waals surface area contributed by atoms with Crippen LogP contribution in [0.2, 0.25) is 0 Å². The van der Waals surface area contributed by atoms with Crippen LogP contribution >= 0.6 is 15.9 Å². The number of hydrogen-bond donors (Lipinski definition) is 1. The summed E-state index contributed by atoms with van der Waals surface area (Å²) in [6.07, 6.45) is 2.25. The predicted molar refractivity (Wildman–Crippen MR) is 71.5 cm³/mol. The lowest BCUT2D eigenvalue weighted by atomic mass is 9.93. The molecule has 1 aromatic carbocycles. The molecule has 3 heteroatoms. The quantitative estimate of drug-likeness (QED) is 0.924. The SMILES string of the molecule is Cc1ccc(Br)cc1C(N(C)C)C1(N)CC1. The van der Waals surface area contributed by atoms with E-state index in [2.05, 4.69) is 60.0 Å². The van der Waals surface area contributed by atoms with Crippen LogP contribution in [0.25, 0.3) is 0 Å². The molecule has 88 valence electrons. The van der Waals surface area contributed by atoms with Crippen molar-refractivity contribution in [2.45, 2.75) is 31.3 Å². The fourth-order valence-electron chi connectivity index (χ4n) is 2.43. The van der Waals surface area contributed by atoms with Gasteiger partial charge in [0.05, 0.1) is 6.04 Å². The number of nitrogens with two attached hydrogens (primary N) is 1. The molecule has 1 unspecified atom stereocenters. The highest BCUT2D eigenvalue weighted by Crippen LogP contribution is 2.47. The summed E-state index contributed by atoms with van der Waals surface area (Å²) in [5, 5.41) is 0. The third-order valence-corrected chi connectivity index (χ3v) is 3.92. The van der Waals surface area contributed by atoms with Crippen LogP contribution in [0.15, 0.2) is 22.7 Å². The molecule has 2 rings (SSSR count). The Balaban J connectivity index is 2.43. The first-order valence-electron chi connectivity index (χ1n) is 5.65. The van der Waals surface area contributed by atoms with Crippen LogP contribution in [0, 0.1) is 6.92 Å². The van der Waals surface area contributed by atoms with Gasteiger partial charge < -0.3 is 10.6 Å². The van der Waals surface area contributed by atoms with Crippen LogP contribution in [-0.4, -0.2) is 24.5 Å². The average molecular weight is 283 g/mol. The molecule has 0 amide bonds. The molecule has 0 spiro atoms. The molecule has 1 aliphatic carbocycles. The van der Waals surface area contributed by atoms with Crippen molar-refractivity contribution in [3.63, 3.8) is 0 Å². The minimum absolute atomic E-state index is 0.0188. The number of hydrogen-bond acceptors (Lipinski definition) is 2. The highest BCUT2D eigenvalue weighted by atomic mass is 79.9. The van der Waals surface area contributed by atoms with Gasteiger partial charge in [0.2, 0.25) is 0 Å². The fraction of sp³-hybridized carbons (Fsp3) is 0.538. The van der Waals surface area contributed by atoms with Crippen molar-refractivity contribution in [1.29, 1.82) is 0 Å². The standard InChI is InChI=1S/C13H19BrN2/c1-9-4-5-10(14)8-11(9)12(16(2)3)13(15)6-7-13/h4-5,8,12H,6-7,15H2,1-3H3. The smallest absolute Gasteiger partial charge is 0.0526 e. The van der Waals surface area contributed by atoms with Gasteiger partial charge in [-0.05, 0) is 57.1 Å². The molecule has 1 fully saturated rings. The van der Waals surface area contributed by atoms with Crippen LogP contribution in [0.1, 0.15) is 30.0 Å². The minimum Gasteiger partial charge on any atom is -0.323 e. The zero-order chi connectivity index (χ0) is 11.9. The van der Waals surface area contributed by atoms with Crippen molar-refractivity contribution in [3.05, 3.63) is 33.8 Å². The molecule has 1 aromatic rings. The summed E-state index contributed by atoms with van der Waals surface area (Å²) >= 11 is 3.54. The van der Waals surface area contributed by atoms with E-state index in [1.165, 1.54) is 11.1 Å². The second kappa shape index (κ2) is 4.13. The molecule has 1 atom stereocenters. The van der Waals surface area contributed by atoms with Crippen LogP contribution in [0.4, 0.5) is 0 Å². The highest BCUT2D eigenvalue weighted by Gasteiger charge is 2.47. The first-order chi connectivity index (χ1) is 7.44. The zero-order valence-corrected chi connectivity index (χ0v) is 11.7. The summed E-state index contributed by atoms with van der Waals surface area (Å²) in [7, 11) is 4.22. The third-order valence-electron chi connectivity index (χ3n) is 3.42. The zero-order valence-electron chi connectivity index (χ0n) is 10.1. The largest absolute Gasteiger partial charge is 0.323 e. The van der Waals surface area contributed by atoms with Crippen molar-refractivity contribution in [2.75, 3.05) is 14.1 Å². The monoisotopic (exact) mass is 282 g/mol. The van der Waals surface area contributed by atoms with Gasteiger partial charge in [-0.1, -0.05) is 22.0 Å². The van der Waals surface area contributed by atoms with E-state index >= 15 is 0 Å². The van der Waals surface area contributed by atoms with E-state index in [0.717, 1.165) is 17.3 Å². The van der Waals surface area contributed by atoms with Crippen molar-refractivity contribution in [3.8, 4) is 0 Å². The van der Waals surface area contributed by atoms with E-state index in [-0.39, 0.29) is 5.54 Å². The molecule has 0 bridgehead atoms. The number of nitrogens with zero attached hydrogens (tertiary/aromatic N) is 1. The molecule has 1 aliphatic rings. The second-order valence-electron chi connectivity index (χ2n) is 5.10. The minimum atomic E-state index is -0.0188. The molecule has 0 heterocycles. The van der Waals surface area contributed by atoms with Gasteiger partial charge in [-0.2, -0.15) is 0 Å². The van der Waals surface area contributed by atoms with Gasteiger partial charge in [0.25, 0.3) is 0 Å². The normalized spacial score (nSPS) is 19.9. The van der Waals surface area contributed by atoms with Crippen molar-refractivity contribution < 1.29 is 0 Å². The van der Waals surface area contributed by atoms with Gasteiger partial charge in [0, 0.05) is 10.0 Å². The van der Waals surface area contributed by atoms with E-state index < -0.39 is 0 Å². The van der Waals surface area contributed by atoms with E-state index in [1.807, 2.05) is 0 Å². The topological polar surface area (TPSA) is 29.3 Å². The van der Waals surface area contributed by atoms with Crippen molar-refractivity contribution >= 4 is 15.9 Å². The van der Waals surface area contributed by atoms with Gasteiger partial charge in [-0.15, -0.1) is 0 Å². The summed E-state index contributed by atoms with van der Waals surface area (Å²) in [5.74, 6) is 0. The van der Waals surface area contributed by atoms with E-state index in [1.54, 1.807) is 0 Å². The Morgan fingerprint density at radius 1 is 1.38 bits per heavy atom. The van der Waals surface area contributed by atoms with E-state index in [9.17, 15) is 0 Å². The summed E-state index contributed by atoms with van der Waals surface area (Å²) in [4.78, 5) is 2.24. The molecule has 0 radical (unpaired) electrons. The molecule has 0 saturated heterocycles. The summed E-state index contributed by atoms with van der Waals surface area (Å²) in [6, 6.07) is 6.76. The number of likely N-dealkylation sites (N-methyl/N-ethyl adjacent to an activating group) is 1.